The van der Waals surface area contributed by atoms with Crippen molar-refractivity contribution >= 4 is 54.1 Å². The molecule has 10 aromatic carbocycles. The van der Waals surface area contributed by atoms with Gasteiger partial charge in [-0.2, -0.15) is 0 Å². The maximum absolute atomic E-state index is 5.06. The molecule has 0 atom stereocenters. The van der Waals surface area contributed by atoms with Gasteiger partial charge < -0.3 is 4.57 Å². The second-order valence-electron chi connectivity index (χ2n) is 15.6. The van der Waals surface area contributed by atoms with Crippen molar-refractivity contribution in [3.8, 4) is 62.1 Å². The van der Waals surface area contributed by atoms with Gasteiger partial charge in [-0.05, 0) is 78.8 Å². The smallest absolute Gasteiger partial charge is 0.164 e. The van der Waals surface area contributed by atoms with Gasteiger partial charge in [0.2, 0.25) is 0 Å². The molecule has 0 aliphatic heterocycles. The SMILES string of the molecule is c1ccc(-c2nc(-c3ccc(-c4ccc(-n5c6ccc7ccccc7c6c6c7ccccc7ccc65)cc4)cc3)nc(-c3ccc(-c4cccc5ccccc45)cc3)n2)cc1. The summed E-state index contributed by atoms with van der Waals surface area (Å²) in [6.07, 6.45) is 0. The van der Waals surface area contributed by atoms with E-state index >= 15 is 0 Å². The van der Waals surface area contributed by atoms with E-state index < -0.39 is 0 Å². The number of rotatable bonds is 6. The predicted octanol–water partition coefficient (Wildman–Crippen LogP) is 14.8. The zero-order chi connectivity index (χ0) is 40.3. The Balaban J connectivity index is 0.899. The average molecular weight is 777 g/mol. The van der Waals surface area contributed by atoms with Crippen molar-refractivity contribution in [1.29, 1.82) is 0 Å². The normalized spacial score (nSPS) is 11.6. The molecule has 0 aliphatic rings. The average Bonchev–Trinajstić information content (AvgIpc) is 3.70. The first kappa shape index (κ1) is 34.8. The van der Waals surface area contributed by atoms with E-state index in [9.17, 15) is 0 Å². The molecule has 61 heavy (non-hydrogen) atoms. The summed E-state index contributed by atoms with van der Waals surface area (Å²) in [6, 6.07) is 77.6. The standard InChI is InChI=1S/C57H36N4/c1-2-14-43(15-3-1)55-58-56(60-57(59-55)45-27-23-42(24-28-45)48-20-10-16-39-11-4-7-17-47(39)48)44-25-21-37(22-26-44)38-29-33-46(34-30-38)61-51-35-31-40-12-5-8-18-49(40)53(51)54-50-19-9-6-13-41(50)32-36-52(54)61/h1-36H. The van der Waals surface area contributed by atoms with Crippen LogP contribution < -0.4 is 0 Å². The monoisotopic (exact) mass is 776 g/mol. The van der Waals surface area contributed by atoms with Gasteiger partial charge in [0.1, 0.15) is 0 Å². The van der Waals surface area contributed by atoms with Gasteiger partial charge in [0.15, 0.2) is 17.5 Å². The molecule has 0 unspecified atom stereocenters. The van der Waals surface area contributed by atoms with E-state index in [2.05, 4.69) is 193 Å². The van der Waals surface area contributed by atoms with Crippen molar-refractivity contribution in [2.75, 3.05) is 0 Å². The van der Waals surface area contributed by atoms with E-state index in [0.717, 1.165) is 39.1 Å². The van der Waals surface area contributed by atoms with E-state index in [1.54, 1.807) is 0 Å². The quantitative estimate of drug-likeness (QED) is 0.169. The minimum atomic E-state index is 0.635. The number of aromatic nitrogens is 4. The molecule has 4 heteroatoms. The van der Waals surface area contributed by atoms with E-state index in [1.165, 1.54) is 59.7 Å². The fourth-order valence-electron chi connectivity index (χ4n) is 9.07. The maximum atomic E-state index is 5.06. The van der Waals surface area contributed by atoms with Crippen molar-refractivity contribution in [1.82, 2.24) is 19.5 Å². The topological polar surface area (TPSA) is 43.6 Å². The van der Waals surface area contributed by atoms with Gasteiger partial charge in [0.05, 0.1) is 11.0 Å². The lowest BCUT2D eigenvalue weighted by Gasteiger charge is -2.11. The Morgan fingerprint density at radius 3 is 1.20 bits per heavy atom. The first-order valence-electron chi connectivity index (χ1n) is 20.7. The number of hydrogen-bond acceptors (Lipinski definition) is 3. The highest BCUT2D eigenvalue weighted by atomic mass is 15.0. The molecule has 4 nitrogen and oxygen atoms in total. The summed E-state index contributed by atoms with van der Waals surface area (Å²) in [5, 5.41) is 10.1. The highest BCUT2D eigenvalue weighted by Gasteiger charge is 2.18. The van der Waals surface area contributed by atoms with E-state index in [4.69, 9.17) is 15.0 Å². The van der Waals surface area contributed by atoms with Crippen molar-refractivity contribution in [2.24, 2.45) is 0 Å². The zero-order valence-electron chi connectivity index (χ0n) is 33.1. The molecule has 2 aromatic heterocycles. The lowest BCUT2D eigenvalue weighted by atomic mass is 9.97. The fourth-order valence-corrected chi connectivity index (χ4v) is 9.07. The second-order valence-corrected chi connectivity index (χ2v) is 15.6. The number of nitrogens with zero attached hydrogens (tertiary/aromatic N) is 4. The summed E-state index contributed by atoms with van der Waals surface area (Å²) in [7, 11) is 0. The van der Waals surface area contributed by atoms with Crippen molar-refractivity contribution in [3.05, 3.63) is 218 Å². The molecule has 284 valence electrons. The molecule has 2 heterocycles. The van der Waals surface area contributed by atoms with E-state index in [-0.39, 0.29) is 0 Å². The van der Waals surface area contributed by atoms with Crippen LogP contribution in [0.15, 0.2) is 218 Å². The van der Waals surface area contributed by atoms with E-state index in [1.807, 2.05) is 30.3 Å². The molecular formula is C57H36N4. The van der Waals surface area contributed by atoms with Crippen molar-refractivity contribution < 1.29 is 0 Å². The van der Waals surface area contributed by atoms with Crippen molar-refractivity contribution in [3.63, 3.8) is 0 Å². The predicted molar refractivity (Wildman–Crippen MR) is 254 cm³/mol. The Labute approximate surface area is 352 Å². The number of fused-ring (bicyclic) bond motifs is 8. The Morgan fingerprint density at radius 2 is 0.656 bits per heavy atom. The lowest BCUT2D eigenvalue weighted by molar-refractivity contribution is 1.07. The molecule has 0 radical (unpaired) electrons. The number of hydrogen-bond donors (Lipinski definition) is 0. The van der Waals surface area contributed by atoms with Crippen LogP contribution in [0.1, 0.15) is 0 Å². The van der Waals surface area contributed by atoms with Gasteiger partial charge in [-0.15, -0.1) is 0 Å². The van der Waals surface area contributed by atoms with Crippen LogP contribution in [0.25, 0.3) is 116 Å². The minimum Gasteiger partial charge on any atom is -0.309 e. The summed E-state index contributed by atoms with van der Waals surface area (Å²) in [5.41, 5.74) is 11.0. The van der Waals surface area contributed by atoms with Gasteiger partial charge in [-0.25, -0.2) is 15.0 Å². The van der Waals surface area contributed by atoms with Crippen LogP contribution in [0.2, 0.25) is 0 Å². The van der Waals surface area contributed by atoms with Crippen LogP contribution in [-0.4, -0.2) is 19.5 Å². The van der Waals surface area contributed by atoms with Gasteiger partial charge in [-0.3, -0.25) is 0 Å². The largest absolute Gasteiger partial charge is 0.309 e. The van der Waals surface area contributed by atoms with Crippen LogP contribution in [0, 0.1) is 0 Å². The summed E-state index contributed by atoms with van der Waals surface area (Å²) in [6.45, 7) is 0. The molecule has 0 bridgehead atoms. The molecule has 12 aromatic rings. The summed E-state index contributed by atoms with van der Waals surface area (Å²) in [5.74, 6) is 1.92. The van der Waals surface area contributed by atoms with Crippen LogP contribution in [0.3, 0.4) is 0 Å². The molecular weight excluding hydrogens is 741 g/mol. The molecule has 0 fully saturated rings. The first-order chi connectivity index (χ1) is 30.2. The van der Waals surface area contributed by atoms with Crippen LogP contribution in [-0.2, 0) is 0 Å². The van der Waals surface area contributed by atoms with Crippen molar-refractivity contribution in [2.45, 2.75) is 0 Å². The van der Waals surface area contributed by atoms with Gasteiger partial charge in [0, 0.05) is 33.2 Å². The zero-order valence-corrected chi connectivity index (χ0v) is 33.1. The summed E-state index contributed by atoms with van der Waals surface area (Å²) < 4.78 is 2.41. The lowest BCUT2D eigenvalue weighted by Crippen LogP contribution is -2.00. The minimum absolute atomic E-state index is 0.635. The molecule has 0 amide bonds. The molecule has 0 spiro atoms. The third-order valence-corrected chi connectivity index (χ3v) is 12.1. The van der Waals surface area contributed by atoms with Gasteiger partial charge in [-0.1, -0.05) is 194 Å². The summed E-state index contributed by atoms with van der Waals surface area (Å²) in [4.78, 5) is 15.0. The third kappa shape index (κ3) is 5.96. The first-order valence-corrected chi connectivity index (χ1v) is 20.7. The molecule has 0 saturated heterocycles. The summed E-state index contributed by atoms with van der Waals surface area (Å²) >= 11 is 0. The Kier molecular flexibility index (Phi) is 8.13. The third-order valence-electron chi connectivity index (χ3n) is 12.1. The maximum Gasteiger partial charge on any atom is 0.164 e. The van der Waals surface area contributed by atoms with E-state index in [0.29, 0.717) is 17.5 Å². The second kappa shape index (κ2) is 14.3. The fraction of sp³-hybridized carbons (Fsp3) is 0. The van der Waals surface area contributed by atoms with Gasteiger partial charge in [0.25, 0.3) is 0 Å². The molecule has 12 rings (SSSR count). The molecule has 0 aliphatic carbocycles. The van der Waals surface area contributed by atoms with Crippen LogP contribution >= 0.6 is 0 Å². The Morgan fingerprint density at radius 1 is 0.262 bits per heavy atom. The van der Waals surface area contributed by atoms with Crippen LogP contribution in [0.5, 0.6) is 0 Å². The van der Waals surface area contributed by atoms with Crippen LogP contribution in [0.4, 0.5) is 0 Å². The Bertz CT molecular complexity index is 3510. The number of benzene rings is 10. The molecule has 0 N–H and O–H groups in total. The highest BCUT2D eigenvalue weighted by molar-refractivity contribution is 6.28. The molecule has 0 saturated carbocycles. The highest BCUT2D eigenvalue weighted by Crippen LogP contribution is 2.41. The van der Waals surface area contributed by atoms with Gasteiger partial charge >= 0.3 is 0 Å². The Hall–Kier alpha value is -8.21.